The van der Waals surface area contributed by atoms with Gasteiger partial charge in [0, 0.05) is 24.0 Å². The number of rotatable bonds is 3. The normalized spacial score (nSPS) is 11.0. The Labute approximate surface area is 157 Å². The third kappa shape index (κ3) is 2.64. The van der Waals surface area contributed by atoms with E-state index in [1.54, 1.807) is 31.6 Å². The molecule has 130 valence electrons. The summed E-state index contributed by atoms with van der Waals surface area (Å²) in [6.45, 7) is 0. The number of carbonyl (C=O) groups excluding carboxylic acids is 1. The molecule has 0 spiro atoms. The number of halogens is 2. The molecular weight excluding hydrogens is 377 g/mol. The molecule has 8 heteroatoms. The quantitative estimate of drug-likeness (QED) is 0.538. The number of methoxy groups -OCH3 is 1. The van der Waals surface area contributed by atoms with E-state index in [0.717, 1.165) is 5.39 Å². The molecule has 0 aliphatic heterocycles. The zero-order valence-corrected chi connectivity index (χ0v) is 14.9. The van der Waals surface area contributed by atoms with Crippen molar-refractivity contribution < 1.29 is 13.9 Å². The van der Waals surface area contributed by atoms with Gasteiger partial charge in [0.15, 0.2) is 11.2 Å². The van der Waals surface area contributed by atoms with Crippen LogP contribution in [0.25, 0.3) is 21.9 Å². The van der Waals surface area contributed by atoms with Crippen LogP contribution in [0.2, 0.25) is 10.0 Å². The van der Waals surface area contributed by atoms with E-state index in [1.807, 2.05) is 6.07 Å². The summed E-state index contributed by atoms with van der Waals surface area (Å²) < 4.78 is 11.3. The van der Waals surface area contributed by atoms with Gasteiger partial charge in [-0.1, -0.05) is 23.2 Å². The van der Waals surface area contributed by atoms with Crippen molar-refractivity contribution in [2.45, 2.75) is 0 Å². The molecule has 4 aromatic rings. The van der Waals surface area contributed by atoms with E-state index in [2.05, 4.69) is 15.3 Å². The number of anilines is 1. The summed E-state index contributed by atoms with van der Waals surface area (Å²) in [7, 11) is 1.56. The molecule has 0 fully saturated rings. The number of carbonyl (C=O) groups is 1. The fourth-order valence-electron chi connectivity index (χ4n) is 2.76. The number of hydrogen-bond donors (Lipinski definition) is 1. The molecule has 3 aromatic heterocycles. The highest BCUT2D eigenvalue weighted by molar-refractivity contribution is 6.40. The highest BCUT2D eigenvalue weighted by Crippen LogP contribution is 2.38. The second kappa shape index (κ2) is 6.48. The lowest BCUT2D eigenvalue weighted by Crippen LogP contribution is -2.13. The number of fused-ring (bicyclic) bond motifs is 3. The Bertz CT molecular complexity index is 1140. The molecule has 3 heterocycles. The van der Waals surface area contributed by atoms with Crippen molar-refractivity contribution in [2.24, 2.45) is 0 Å². The number of hydrogen-bond acceptors (Lipinski definition) is 5. The number of nitrogens with one attached hydrogen (secondary N) is 1. The van der Waals surface area contributed by atoms with Gasteiger partial charge in [-0.3, -0.25) is 14.8 Å². The van der Waals surface area contributed by atoms with Gasteiger partial charge in [-0.2, -0.15) is 0 Å². The first-order valence-corrected chi connectivity index (χ1v) is 8.29. The van der Waals surface area contributed by atoms with Crippen LogP contribution in [-0.2, 0) is 0 Å². The van der Waals surface area contributed by atoms with Crippen LogP contribution in [-0.4, -0.2) is 23.0 Å². The first-order chi connectivity index (χ1) is 12.6. The van der Waals surface area contributed by atoms with Crippen LogP contribution in [0, 0.1) is 0 Å². The predicted molar refractivity (Wildman–Crippen MR) is 100 cm³/mol. The second-order valence-corrected chi connectivity index (χ2v) is 6.24. The minimum atomic E-state index is -0.417. The topological polar surface area (TPSA) is 77.2 Å². The first-order valence-electron chi connectivity index (χ1n) is 7.53. The molecular formula is C18H11Cl2N3O3. The van der Waals surface area contributed by atoms with E-state index in [0.29, 0.717) is 27.9 Å². The molecule has 0 bridgehead atoms. The number of furan rings is 1. The van der Waals surface area contributed by atoms with Crippen LogP contribution in [0.1, 0.15) is 10.4 Å². The van der Waals surface area contributed by atoms with Gasteiger partial charge >= 0.3 is 0 Å². The Kier molecular flexibility index (Phi) is 4.14. The van der Waals surface area contributed by atoms with E-state index < -0.39 is 5.91 Å². The van der Waals surface area contributed by atoms with Crippen LogP contribution >= 0.6 is 23.2 Å². The largest absolute Gasteiger partial charge is 0.496 e. The SMILES string of the molecule is COc1ccc(C(=O)Nc2c(Cl)cncc2Cl)c2oc3cnccc3c12. The maximum absolute atomic E-state index is 12.8. The number of aromatic nitrogens is 2. The van der Waals surface area contributed by atoms with E-state index in [-0.39, 0.29) is 15.7 Å². The molecule has 6 nitrogen and oxygen atoms in total. The van der Waals surface area contributed by atoms with Gasteiger partial charge < -0.3 is 14.5 Å². The fraction of sp³-hybridized carbons (Fsp3) is 0.0556. The minimum absolute atomic E-state index is 0.240. The third-order valence-corrected chi connectivity index (χ3v) is 4.51. The lowest BCUT2D eigenvalue weighted by Gasteiger charge is -2.10. The molecule has 1 amide bonds. The number of benzene rings is 1. The molecule has 1 aromatic carbocycles. The maximum Gasteiger partial charge on any atom is 0.259 e. The van der Waals surface area contributed by atoms with Crippen LogP contribution in [0.4, 0.5) is 5.69 Å². The summed E-state index contributed by atoms with van der Waals surface area (Å²) in [6.07, 6.45) is 6.05. The van der Waals surface area contributed by atoms with E-state index >= 15 is 0 Å². The summed E-state index contributed by atoms with van der Waals surface area (Å²) >= 11 is 12.2. The van der Waals surface area contributed by atoms with E-state index in [1.165, 1.54) is 12.4 Å². The van der Waals surface area contributed by atoms with Crippen molar-refractivity contribution >= 4 is 56.7 Å². The predicted octanol–water partition coefficient (Wildman–Crippen LogP) is 4.94. The van der Waals surface area contributed by atoms with Crippen molar-refractivity contribution in [1.29, 1.82) is 0 Å². The van der Waals surface area contributed by atoms with Crippen molar-refractivity contribution in [3.63, 3.8) is 0 Å². The minimum Gasteiger partial charge on any atom is -0.496 e. The molecule has 0 unspecified atom stereocenters. The van der Waals surface area contributed by atoms with Crippen LogP contribution in [0.15, 0.2) is 47.4 Å². The Balaban J connectivity index is 1.88. The van der Waals surface area contributed by atoms with Crippen molar-refractivity contribution in [3.8, 4) is 5.75 Å². The van der Waals surface area contributed by atoms with Gasteiger partial charge in [-0.25, -0.2) is 0 Å². The lowest BCUT2D eigenvalue weighted by atomic mass is 10.1. The molecule has 0 atom stereocenters. The monoisotopic (exact) mass is 387 g/mol. The lowest BCUT2D eigenvalue weighted by molar-refractivity contribution is 0.102. The summed E-state index contributed by atoms with van der Waals surface area (Å²) in [4.78, 5) is 20.8. The smallest absolute Gasteiger partial charge is 0.259 e. The summed E-state index contributed by atoms with van der Waals surface area (Å²) in [6, 6.07) is 5.14. The molecule has 0 saturated heterocycles. The van der Waals surface area contributed by atoms with Gasteiger partial charge in [0.1, 0.15) is 5.75 Å². The fourth-order valence-corrected chi connectivity index (χ4v) is 3.22. The van der Waals surface area contributed by atoms with Crippen LogP contribution in [0.5, 0.6) is 5.75 Å². The molecule has 0 saturated carbocycles. The standard InChI is InChI=1S/C18H11Cl2N3O3/c1-25-13-3-2-10(17-15(13)9-4-5-21-8-14(9)26-17)18(24)23-16-11(19)6-22-7-12(16)20/h2-8H,1H3,(H,22,23,24). The zero-order chi connectivity index (χ0) is 18.3. The number of amides is 1. The Hall–Kier alpha value is -2.83. The van der Waals surface area contributed by atoms with Gasteiger partial charge in [-0.15, -0.1) is 0 Å². The summed E-state index contributed by atoms with van der Waals surface area (Å²) in [5.41, 5.74) is 1.56. The summed E-state index contributed by atoms with van der Waals surface area (Å²) in [5.74, 6) is 0.182. The average Bonchev–Trinajstić information content (AvgIpc) is 3.03. The number of ether oxygens (including phenoxy) is 1. The van der Waals surface area contributed by atoms with E-state index in [4.69, 9.17) is 32.4 Å². The van der Waals surface area contributed by atoms with Crippen molar-refractivity contribution in [2.75, 3.05) is 12.4 Å². The molecule has 4 rings (SSSR count). The van der Waals surface area contributed by atoms with Gasteiger partial charge in [0.2, 0.25) is 0 Å². The molecule has 26 heavy (non-hydrogen) atoms. The molecule has 1 N–H and O–H groups in total. The highest BCUT2D eigenvalue weighted by atomic mass is 35.5. The van der Waals surface area contributed by atoms with Gasteiger partial charge in [0.25, 0.3) is 5.91 Å². The van der Waals surface area contributed by atoms with Gasteiger partial charge in [0.05, 0.1) is 40.0 Å². The Morgan fingerprint density at radius 2 is 1.88 bits per heavy atom. The third-order valence-electron chi connectivity index (χ3n) is 3.94. The van der Waals surface area contributed by atoms with E-state index in [9.17, 15) is 4.79 Å². The second-order valence-electron chi connectivity index (χ2n) is 5.43. The summed E-state index contributed by atoms with van der Waals surface area (Å²) in [5, 5.41) is 4.70. The Morgan fingerprint density at radius 3 is 2.62 bits per heavy atom. The zero-order valence-electron chi connectivity index (χ0n) is 13.4. The van der Waals surface area contributed by atoms with Crippen molar-refractivity contribution in [3.05, 3.63) is 58.6 Å². The maximum atomic E-state index is 12.8. The average molecular weight is 388 g/mol. The van der Waals surface area contributed by atoms with Crippen LogP contribution in [0.3, 0.4) is 0 Å². The molecule has 0 radical (unpaired) electrons. The number of nitrogens with zero attached hydrogens (tertiary/aromatic N) is 2. The highest BCUT2D eigenvalue weighted by Gasteiger charge is 2.21. The molecule has 0 aliphatic carbocycles. The molecule has 0 aliphatic rings. The first kappa shape index (κ1) is 16.6. The van der Waals surface area contributed by atoms with Gasteiger partial charge in [-0.05, 0) is 18.2 Å². The van der Waals surface area contributed by atoms with Crippen LogP contribution < -0.4 is 10.1 Å². The van der Waals surface area contributed by atoms with Crippen molar-refractivity contribution in [1.82, 2.24) is 9.97 Å². The number of pyridine rings is 2. The Morgan fingerprint density at radius 1 is 1.12 bits per heavy atom.